The lowest BCUT2D eigenvalue weighted by Crippen LogP contribution is -2.02. The molecule has 1 rings (SSSR count). The van der Waals surface area contributed by atoms with Crippen molar-refractivity contribution >= 4 is 45.2 Å². The molecule has 0 spiro atoms. The largest absolute Gasteiger partial charge is 0.0857 e. The molecule has 1 aromatic carbocycles. The summed E-state index contributed by atoms with van der Waals surface area (Å²) in [7, 11) is 0. The Hall–Kier alpha value is 0.680. The van der Waals surface area contributed by atoms with Gasteiger partial charge in [-0.15, -0.1) is 0 Å². The van der Waals surface area contributed by atoms with E-state index in [0.29, 0.717) is 5.92 Å². The molecule has 0 fully saturated rings. The number of hydrogen-bond acceptors (Lipinski definition) is 0. The van der Waals surface area contributed by atoms with Gasteiger partial charge in [0.05, 0.1) is 0 Å². The second-order valence-electron chi connectivity index (χ2n) is 4.01. The van der Waals surface area contributed by atoms with Crippen molar-refractivity contribution in [3.63, 3.8) is 0 Å². The predicted molar refractivity (Wildman–Crippen MR) is 85.5 cm³/mol. The monoisotopic (exact) mass is 428 g/mol. The molecule has 0 aliphatic heterocycles. The van der Waals surface area contributed by atoms with E-state index in [-0.39, 0.29) is 0 Å². The van der Waals surface area contributed by atoms with E-state index in [9.17, 15) is 0 Å². The number of rotatable bonds is 5. The molecule has 0 aliphatic rings. The molecule has 0 N–H and O–H groups in total. The third-order valence-corrected chi connectivity index (χ3v) is 5.29. The van der Waals surface area contributed by atoms with Crippen LogP contribution in [0.3, 0.4) is 0 Å². The van der Waals surface area contributed by atoms with Crippen LogP contribution in [-0.2, 0) is 6.42 Å². The molecule has 0 saturated heterocycles. The summed E-state index contributed by atoms with van der Waals surface area (Å²) in [5.41, 5.74) is 2.98. The number of halogens is 2. The predicted octanol–water partition coefficient (Wildman–Crippen LogP) is 4.98. The van der Waals surface area contributed by atoms with Crippen LogP contribution in [0.25, 0.3) is 0 Å². The lowest BCUT2D eigenvalue weighted by atomic mass is 9.99. The van der Waals surface area contributed by atoms with Crippen LogP contribution in [-0.4, -0.2) is 8.35 Å². The van der Waals surface area contributed by atoms with E-state index in [1.54, 1.807) is 0 Å². The third-order valence-electron chi connectivity index (χ3n) is 2.65. The van der Waals surface area contributed by atoms with Gasteiger partial charge in [0, 0.05) is 8.35 Å². The van der Waals surface area contributed by atoms with Crippen LogP contribution in [0.15, 0.2) is 24.3 Å². The molecule has 0 nitrogen and oxygen atoms in total. The second kappa shape index (κ2) is 7.09. The Morgan fingerprint density at radius 1 is 1.33 bits per heavy atom. The number of alkyl halides is 2. The Kier molecular flexibility index (Phi) is 6.50. The standard InChI is InChI=1S/C13H18I2/c1-3-13(15)8-11-5-4-6-12(7-11)10(2)9-14/h4-7,10,13H,3,8-9H2,1-2H3. The Morgan fingerprint density at radius 3 is 2.67 bits per heavy atom. The van der Waals surface area contributed by atoms with E-state index in [0.717, 1.165) is 3.92 Å². The molecule has 2 unspecified atom stereocenters. The normalized spacial score (nSPS) is 14.9. The molecule has 0 saturated carbocycles. The first-order chi connectivity index (χ1) is 7.17. The van der Waals surface area contributed by atoms with Crippen molar-refractivity contribution in [1.29, 1.82) is 0 Å². The summed E-state index contributed by atoms with van der Waals surface area (Å²) >= 11 is 5.01. The van der Waals surface area contributed by atoms with Crippen LogP contribution >= 0.6 is 45.2 Å². The lowest BCUT2D eigenvalue weighted by Gasteiger charge is -2.11. The molecule has 2 heteroatoms. The summed E-state index contributed by atoms with van der Waals surface area (Å²) in [6.45, 7) is 4.56. The average Bonchev–Trinajstić information content (AvgIpc) is 2.28. The molecule has 0 radical (unpaired) electrons. The zero-order valence-corrected chi connectivity index (χ0v) is 13.7. The van der Waals surface area contributed by atoms with Gasteiger partial charge in [0.25, 0.3) is 0 Å². The van der Waals surface area contributed by atoms with Crippen LogP contribution in [0.1, 0.15) is 37.3 Å². The molecule has 0 heterocycles. The quantitative estimate of drug-likeness (QED) is 0.459. The van der Waals surface area contributed by atoms with Crippen LogP contribution in [0.5, 0.6) is 0 Å². The molecule has 0 amide bonds. The summed E-state index contributed by atoms with van der Waals surface area (Å²) in [5.74, 6) is 0.680. The van der Waals surface area contributed by atoms with Gasteiger partial charge in [0.15, 0.2) is 0 Å². The fourth-order valence-corrected chi connectivity index (χ4v) is 2.53. The first kappa shape index (κ1) is 13.7. The van der Waals surface area contributed by atoms with Crippen LogP contribution in [0.2, 0.25) is 0 Å². The molecule has 15 heavy (non-hydrogen) atoms. The highest BCUT2D eigenvalue weighted by Crippen LogP contribution is 2.21. The minimum absolute atomic E-state index is 0.680. The first-order valence-electron chi connectivity index (χ1n) is 5.46. The summed E-state index contributed by atoms with van der Waals surface area (Å²) in [6.07, 6.45) is 2.46. The summed E-state index contributed by atoms with van der Waals surface area (Å²) in [6, 6.07) is 9.09. The van der Waals surface area contributed by atoms with Gasteiger partial charge in [-0.1, -0.05) is 83.3 Å². The maximum Gasteiger partial charge on any atom is 0.0147 e. The molecule has 0 bridgehead atoms. The topological polar surface area (TPSA) is 0 Å². The zero-order valence-electron chi connectivity index (χ0n) is 9.34. The molecule has 0 aliphatic carbocycles. The highest BCUT2D eigenvalue weighted by molar-refractivity contribution is 14.1. The van der Waals surface area contributed by atoms with E-state index in [1.165, 1.54) is 28.4 Å². The number of hydrogen-bond donors (Lipinski definition) is 0. The van der Waals surface area contributed by atoms with Crippen LogP contribution < -0.4 is 0 Å². The maximum atomic E-state index is 2.55. The van der Waals surface area contributed by atoms with E-state index in [4.69, 9.17) is 0 Å². The molecular weight excluding hydrogens is 410 g/mol. The minimum Gasteiger partial charge on any atom is -0.0857 e. The van der Waals surface area contributed by atoms with E-state index in [2.05, 4.69) is 83.3 Å². The smallest absolute Gasteiger partial charge is 0.0147 e. The van der Waals surface area contributed by atoms with Crippen molar-refractivity contribution < 1.29 is 0 Å². The van der Waals surface area contributed by atoms with Crippen molar-refractivity contribution in [1.82, 2.24) is 0 Å². The maximum absolute atomic E-state index is 2.55. The molecule has 1 aromatic rings. The van der Waals surface area contributed by atoms with Crippen LogP contribution in [0, 0.1) is 0 Å². The summed E-state index contributed by atoms with van der Waals surface area (Å²) in [5, 5.41) is 0. The minimum atomic E-state index is 0.680. The van der Waals surface area contributed by atoms with E-state index < -0.39 is 0 Å². The van der Waals surface area contributed by atoms with Crippen LogP contribution in [0.4, 0.5) is 0 Å². The molecular formula is C13H18I2. The molecule has 84 valence electrons. The second-order valence-corrected chi connectivity index (χ2v) is 6.65. The van der Waals surface area contributed by atoms with Gasteiger partial charge in [0.1, 0.15) is 0 Å². The first-order valence-corrected chi connectivity index (χ1v) is 8.23. The Bertz CT molecular complexity index is 296. The third kappa shape index (κ3) is 4.59. The highest BCUT2D eigenvalue weighted by Gasteiger charge is 2.06. The van der Waals surface area contributed by atoms with E-state index >= 15 is 0 Å². The van der Waals surface area contributed by atoms with Gasteiger partial charge >= 0.3 is 0 Å². The SMILES string of the molecule is CCC(I)Cc1cccc(C(C)CI)c1. The van der Waals surface area contributed by atoms with Gasteiger partial charge in [0.2, 0.25) is 0 Å². The van der Waals surface area contributed by atoms with Gasteiger partial charge in [-0.2, -0.15) is 0 Å². The Morgan fingerprint density at radius 2 is 2.07 bits per heavy atom. The highest BCUT2D eigenvalue weighted by atomic mass is 127. The van der Waals surface area contributed by atoms with Crippen molar-refractivity contribution in [3.05, 3.63) is 35.4 Å². The van der Waals surface area contributed by atoms with Gasteiger partial charge < -0.3 is 0 Å². The van der Waals surface area contributed by atoms with Gasteiger partial charge in [-0.25, -0.2) is 0 Å². The van der Waals surface area contributed by atoms with E-state index in [1.807, 2.05) is 0 Å². The van der Waals surface area contributed by atoms with Crippen molar-refractivity contribution in [2.45, 2.75) is 36.5 Å². The fourth-order valence-electron chi connectivity index (χ4n) is 1.52. The fraction of sp³-hybridized carbons (Fsp3) is 0.538. The summed E-state index contributed by atoms with van der Waals surface area (Å²) < 4.78 is 1.97. The Balaban J connectivity index is 2.74. The Labute approximate surface area is 121 Å². The van der Waals surface area contributed by atoms with Crippen molar-refractivity contribution in [2.24, 2.45) is 0 Å². The van der Waals surface area contributed by atoms with Gasteiger partial charge in [-0.3, -0.25) is 0 Å². The van der Waals surface area contributed by atoms with Gasteiger partial charge in [-0.05, 0) is 29.9 Å². The zero-order chi connectivity index (χ0) is 11.3. The summed E-state index contributed by atoms with van der Waals surface area (Å²) in [4.78, 5) is 0. The lowest BCUT2D eigenvalue weighted by molar-refractivity contribution is 0.836. The van der Waals surface area contributed by atoms with Crippen molar-refractivity contribution in [2.75, 3.05) is 4.43 Å². The molecule has 0 aromatic heterocycles. The average molecular weight is 428 g/mol. The number of benzene rings is 1. The van der Waals surface area contributed by atoms with Crippen molar-refractivity contribution in [3.8, 4) is 0 Å². The molecule has 2 atom stereocenters.